The second-order valence-corrected chi connectivity index (χ2v) is 4.08. The van der Waals surface area contributed by atoms with Crippen molar-refractivity contribution >= 4 is 6.29 Å². The summed E-state index contributed by atoms with van der Waals surface area (Å²) in [4.78, 5) is 10.5. The molecular weight excluding hydrogens is 232 g/mol. The van der Waals surface area contributed by atoms with Crippen molar-refractivity contribution in [2.45, 2.75) is 6.42 Å². The monoisotopic (exact) mass is 244 g/mol. The molecule has 1 aliphatic heterocycles. The maximum Gasteiger partial charge on any atom is 0.185 e. The highest BCUT2D eigenvalue weighted by molar-refractivity contribution is 5.70. The van der Waals surface area contributed by atoms with Gasteiger partial charge in [0.15, 0.2) is 23.5 Å². The lowest BCUT2D eigenvalue weighted by Gasteiger charge is -2.18. The van der Waals surface area contributed by atoms with Crippen LogP contribution in [0.15, 0.2) is 34.7 Å². The van der Waals surface area contributed by atoms with Gasteiger partial charge in [0.05, 0.1) is 0 Å². The van der Waals surface area contributed by atoms with E-state index in [0.29, 0.717) is 31.7 Å². The molecule has 0 spiro atoms. The minimum absolute atomic E-state index is 0.350. The highest BCUT2D eigenvalue weighted by atomic mass is 16.6. The van der Waals surface area contributed by atoms with Gasteiger partial charge in [0.2, 0.25) is 0 Å². The maximum absolute atomic E-state index is 10.5. The lowest BCUT2D eigenvalue weighted by Crippen LogP contribution is -2.15. The van der Waals surface area contributed by atoms with E-state index < -0.39 is 0 Å². The lowest BCUT2D eigenvalue weighted by molar-refractivity contribution is 0.109. The fourth-order valence-electron chi connectivity index (χ4n) is 1.95. The molecule has 2 heterocycles. The number of rotatable bonds is 3. The SMILES string of the molecule is O=Cc1ccc(Cc2ccc3c(c2)OCCO3)o1. The normalized spacial score (nSPS) is 13.3. The summed E-state index contributed by atoms with van der Waals surface area (Å²) in [5.74, 6) is 2.65. The molecule has 4 heteroatoms. The Bertz CT molecular complexity index is 571. The van der Waals surface area contributed by atoms with Crippen molar-refractivity contribution in [2.24, 2.45) is 0 Å². The Morgan fingerprint density at radius 3 is 2.67 bits per heavy atom. The van der Waals surface area contributed by atoms with Gasteiger partial charge in [-0.3, -0.25) is 4.79 Å². The van der Waals surface area contributed by atoms with Gasteiger partial charge < -0.3 is 13.9 Å². The molecule has 3 rings (SSSR count). The molecular formula is C14H12O4. The molecule has 1 aliphatic rings. The molecule has 0 fully saturated rings. The van der Waals surface area contributed by atoms with Gasteiger partial charge in [-0.25, -0.2) is 0 Å². The van der Waals surface area contributed by atoms with Crippen LogP contribution in [-0.2, 0) is 6.42 Å². The standard InChI is InChI=1S/C14H12O4/c15-9-12-3-2-11(18-12)7-10-1-4-13-14(8-10)17-6-5-16-13/h1-4,8-9H,5-7H2. The van der Waals surface area contributed by atoms with Gasteiger partial charge in [0.1, 0.15) is 19.0 Å². The third-order valence-corrected chi connectivity index (χ3v) is 2.78. The first-order chi connectivity index (χ1) is 8.85. The number of carbonyl (C=O) groups excluding carboxylic acids is 1. The average molecular weight is 244 g/mol. The number of aldehydes is 1. The summed E-state index contributed by atoms with van der Waals surface area (Å²) in [6.45, 7) is 1.17. The first-order valence-corrected chi connectivity index (χ1v) is 5.77. The van der Waals surface area contributed by atoms with Crippen molar-refractivity contribution in [1.29, 1.82) is 0 Å². The fourth-order valence-corrected chi connectivity index (χ4v) is 1.95. The van der Waals surface area contributed by atoms with Crippen molar-refractivity contribution in [3.05, 3.63) is 47.4 Å². The van der Waals surface area contributed by atoms with Gasteiger partial charge in [-0.15, -0.1) is 0 Å². The molecule has 2 aromatic rings. The Kier molecular flexibility index (Phi) is 2.76. The summed E-state index contributed by atoms with van der Waals surface area (Å²) in [5.41, 5.74) is 1.06. The van der Waals surface area contributed by atoms with Crippen LogP contribution in [-0.4, -0.2) is 19.5 Å². The van der Waals surface area contributed by atoms with E-state index in [1.807, 2.05) is 18.2 Å². The quantitative estimate of drug-likeness (QED) is 0.778. The molecule has 4 nitrogen and oxygen atoms in total. The molecule has 1 aromatic heterocycles. The number of benzene rings is 1. The molecule has 0 saturated carbocycles. The van der Waals surface area contributed by atoms with Crippen LogP contribution in [0.3, 0.4) is 0 Å². The Labute approximate surface area is 104 Å². The molecule has 0 bridgehead atoms. The predicted molar refractivity (Wildman–Crippen MR) is 64.3 cm³/mol. The number of ether oxygens (including phenoxy) is 2. The molecule has 0 atom stereocenters. The summed E-state index contributed by atoms with van der Waals surface area (Å²) >= 11 is 0. The van der Waals surface area contributed by atoms with E-state index in [1.54, 1.807) is 12.1 Å². The minimum Gasteiger partial charge on any atom is -0.486 e. The molecule has 0 aliphatic carbocycles. The van der Waals surface area contributed by atoms with E-state index in [2.05, 4.69) is 0 Å². The van der Waals surface area contributed by atoms with Crippen LogP contribution in [0, 0.1) is 0 Å². The van der Waals surface area contributed by atoms with Crippen LogP contribution < -0.4 is 9.47 Å². The van der Waals surface area contributed by atoms with Gasteiger partial charge in [-0.2, -0.15) is 0 Å². The van der Waals surface area contributed by atoms with Crippen molar-refractivity contribution < 1.29 is 18.7 Å². The zero-order chi connectivity index (χ0) is 12.4. The zero-order valence-corrected chi connectivity index (χ0v) is 9.72. The Morgan fingerprint density at radius 2 is 1.89 bits per heavy atom. The minimum atomic E-state index is 0.350. The molecule has 0 unspecified atom stereocenters. The molecule has 1 aromatic carbocycles. The van der Waals surface area contributed by atoms with E-state index in [9.17, 15) is 4.79 Å². The topological polar surface area (TPSA) is 48.7 Å². The van der Waals surface area contributed by atoms with Gasteiger partial charge in [0, 0.05) is 6.42 Å². The Hall–Kier alpha value is -2.23. The first-order valence-electron chi connectivity index (χ1n) is 5.77. The van der Waals surface area contributed by atoms with Crippen LogP contribution in [0.5, 0.6) is 11.5 Å². The van der Waals surface area contributed by atoms with Crippen LogP contribution in [0.2, 0.25) is 0 Å². The molecule has 0 N–H and O–H groups in total. The average Bonchev–Trinajstić information content (AvgIpc) is 2.86. The summed E-state index contributed by atoms with van der Waals surface area (Å²) in [6, 6.07) is 9.28. The van der Waals surface area contributed by atoms with Crippen LogP contribution in [0.4, 0.5) is 0 Å². The number of hydrogen-bond acceptors (Lipinski definition) is 4. The summed E-state index contributed by atoms with van der Waals surface area (Å²) in [5, 5.41) is 0. The lowest BCUT2D eigenvalue weighted by atomic mass is 10.1. The first kappa shape index (κ1) is 10.9. The van der Waals surface area contributed by atoms with Gasteiger partial charge >= 0.3 is 0 Å². The second-order valence-electron chi connectivity index (χ2n) is 4.08. The van der Waals surface area contributed by atoms with Crippen molar-refractivity contribution in [2.75, 3.05) is 13.2 Å². The highest BCUT2D eigenvalue weighted by Crippen LogP contribution is 2.31. The summed E-state index contributed by atoms with van der Waals surface area (Å²) in [7, 11) is 0. The molecule has 0 radical (unpaired) electrons. The zero-order valence-electron chi connectivity index (χ0n) is 9.72. The number of furan rings is 1. The molecule has 0 saturated heterocycles. The van der Waals surface area contributed by atoms with Gasteiger partial charge in [-0.05, 0) is 29.8 Å². The molecule has 92 valence electrons. The van der Waals surface area contributed by atoms with Crippen LogP contribution in [0.1, 0.15) is 21.9 Å². The Balaban J connectivity index is 1.82. The smallest absolute Gasteiger partial charge is 0.185 e. The van der Waals surface area contributed by atoms with E-state index in [4.69, 9.17) is 13.9 Å². The number of hydrogen-bond donors (Lipinski definition) is 0. The third-order valence-electron chi connectivity index (χ3n) is 2.78. The molecule has 0 amide bonds. The van der Waals surface area contributed by atoms with Crippen LogP contribution in [0.25, 0.3) is 0 Å². The third kappa shape index (κ3) is 2.09. The van der Waals surface area contributed by atoms with Crippen molar-refractivity contribution in [3.63, 3.8) is 0 Å². The summed E-state index contributed by atoms with van der Waals surface area (Å²) in [6.07, 6.45) is 1.33. The second kappa shape index (κ2) is 4.56. The maximum atomic E-state index is 10.5. The van der Waals surface area contributed by atoms with Gasteiger partial charge in [0.25, 0.3) is 0 Å². The van der Waals surface area contributed by atoms with Gasteiger partial charge in [-0.1, -0.05) is 6.07 Å². The van der Waals surface area contributed by atoms with E-state index in [0.717, 1.165) is 22.8 Å². The predicted octanol–water partition coefficient (Wildman–Crippen LogP) is 2.45. The van der Waals surface area contributed by atoms with Crippen molar-refractivity contribution in [3.8, 4) is 11.5 Å². The highest BCUT2D eigenvalue weighted by Gasteiger charge is 2.12. The van der Waals surface area contributed by atoms with E-state index in [1.165, 1.54) is 0 Å². The van der Waals surface area contributed by atoms with E-state index >= 15 is 0 Å². The van der Waals surface area contributed by atoms with E-state index in [-0.39, 0.29) is 0 Å². The number of fused-ring (bicyclic) bond motifs is 1. The Morgan fingerprint density at radius 1 is 1.06 bits per heavy atom. The summed E-state index contributed by atoms with van der Waals surface area (Å²) < 4.78 is 16.3. The molecule has 18 heavy (non-hydrogen) atoms. The van der Waals surface area contributed by atoms with Crippen molar-refractivity contribution in [1.82, 2.24) is 0 Å². The fraction of sp³-hybridized carbons (Fsp3) is 0.214. The van der Waals surface area contributed by atoms with Crippen LogP contribution >= 0.6 is 0 Å². The number of carbonyl (C=O) groups is 1. The largest absolute Gasteiger partial charge is 0.486 e.